The molecule has 0 saturated carbocycles. The Kier molecular flexibility index (Phi) is 9.01. The molecule has 0 aliphatic heterocycles. The Morgan fingerprint density at radius 2 is 1.79 bits per heavy atom. The highest BCUT2D eigenvalue weighted by Gasteiger charge is 2.26. The average molecular weight is 447 g/mol. The summed E-state index contributed by atoms with van der Waals surface area (Å²) in [5.74, 6) is 0.225. The number of unbranched alkanes of at least 4 members (excludes halogenated alkanes) is 1. The van der Waals surface area contributed by atoms with Gasteiger partial charge in [-0.15, -0.1) is 0 Å². The smallest absolute Gasteiger partial charge is 0.261 e. The normalized spacial score (nSPS) is 11.5. The van der Waals surface area contributed by atoms with Crippen LogP contribution in [0.5, 0.6) is 5.75 Å². The zero-order chi connectivity index (χ0) is 20.4. The van der Waals surface area contributed by atoms with Gasteiger partial charge in [0.2, 0.25) is 5.91 Å². The first-order valence-electron chi connectivity index (χ1n) is 9.50. The Morgan fingerprint density at radius 3 is 2.43 bits per heavy atom. The van der Waals surface area contributed by atoms with Crippen LogP contribution >= 0.6 is 15.9 Å². The second-order valence-corrected chi connectivity index (χ2v) is 7.49. The zero-order valence-corrected chi connectivity index (χ0v) is 17.9. The molecular weight excluding hydrogens is 420 g/mol. The summed E-state index contributed by atoms with van der Waals surface area (Å²) in [7, 11) is 0. The number of ether oxygens (including phenoxy) is 1. The zero-order valence-electron chi connectivity index (χ0n) is 16.4. The van der Waals surface area contributed by atoms with E-state index in [2.05, 4.69) is 28.2 Å². The van der Waals surface area contributed by atoms with Crippen LogP contribution in [0.3, 0.4) is 0 Å². The number of benzene rings is 2. The van der Waals surface area contributed by atoms with Crippen LogP contribution in [0.15, 0.2) is 59.1 Å². The van der Waals surface area contributed by atoms with Gasteiger partial charge in [-0.2, -0.15) is 0 Å². The van der Waals surface area contributed by atoms with Gasteiger partial charge in [0.05, 0.1) is 0 Å². The molecule has 0 fully saturated rings. The first-order valence-corrected chi connectivity index (χ1v) is 10.3. The molecule has 5 nitrogen and oxygen atoms in total. The van der Waals surface area contributed by atoms with Crippen molar-refractivity contribution in [3.63, 3.8) is 0 Å². The van der Waals surface area contributed by atoms with Gasteiger partial charge in [-0.25, -0.2) is 0 Å². The average Bonchev–Trinajstić information content (AvgIpc) is 2.71. The van der Waals surface area contributed by atoms with Gasteiger partial charge in [0.25, 0.3) is 5.91 Å². The predicted octanol–water partition coefficient (Wildman–Crippen LogP) is 4.16. The fourth-order valence-electron chi connectivity index (χ4n) is 2.66. The molecular formula is C22H27BrN2O3. The van der Waals surface area contributed by atoms with Crippen LogP contribution < -0.4 is 10.1 Å². The lowest BCUT2D eigenvalue weighted by Gasteiger charge is -2.28. The van der Waals surface area contributed by atoms with Gasteiger partial charge in [-0.05, 0) is 43.2 Å². The van der Waals surface area contributed by atoms with Crippen molar-refractivity contribution >= 4 is 27.7 Å². The fourth-order valence-corrected chi connectivity index (χ4v) is 2.92. The molecule has 0 aliphatic rings. The first-order chi connectivity index (χ1) is 13.5. The minimum atomic E-state index is -0.585. The summed E-state index contributed by atoms with van der Waals surface area (Å²) in [6.07, 6.45) is 1.92. The maximum atomic E-state index is 12.9. The summed E-state index contributed by atoms with van der Waals surface area (Å²) in [5, 5.41) is 2.91. The van der Waals surface area contributed by atoms with E-state index < -0.39 is 6.04 Å². The quantitative estimate of drug-likeness (QED) is 0.557. The second-order valence-electron chi connectivity index (χ2n) is 6.57. The van der Waals surface area contributed by atoms with Gasteiger partial charge in [0.15, 0.2) is 6.61 Å². The van der Waals surface area contributed by atoms with E-state index in [0.29, 0.717) is 18.8 Å². The molecule has 2 aromatic rings. The van der Waals surface area contributed by atoms with Gasteiger partial charge in [0, 0.05) is 17.6 Å². The van der Waals surface area contributed by atoms with Gasteiger partial charge < -0.3 is 15.0 Å². The van der Waals surface area contributed by atoms with Crippen molar-refractivity contribution in [3.8, 4) is 5.75 Å². The van der Waals surface area contributed by atoms with E-state index in [4.69, 9.17) is 4.74 Å². The molecule has 2 aromatic carbocycles. The van der Waals surface area contributed by atoms with E-state index in [-0.39, 0.29) is 18.4 Å². The number of rotatable bonds is 10. The Morgan fingerprint density at radius 1 is 1.11 bits per heavy atom. The summed E-state index contributed by atoms with van der Waals surface area (Å²) < 4.78 is 6.57. The second kappa shape index (κ2) is 11.5. The lowest BCUT2D eigenvalue weighted by atomic mass is 10.1. The van der Waals surface area contributed by atoms with E-state index >= 15 is 0 Å². The Hall–Kier alpha value is -2.34. The molecule has 28 heavy (non-hydrogen) atoms. The number of nitrogens with zero attached hydrogens (tertiary/aromatic N) is 1. The SMILES string of the molecule is CCCCNC(=O)[C@H](C)N(Cc1ccccc1)C(=O)COc1ccc(Br)cc1. The van der Waals surface area contributed by atoms with Gasteiger partial charge in [0.1, 0.15) is 11.8 Å². The van der Waals surface area contributed by atoms with Crippen LogP contribution in [-0.2, 0) is 16.1 Å². The fraction of sp³-hybridized carbons (Fsp3) is 0.364. The lowest BCUT2D eigenvalue weighted by molar-refractivity contribution is -0.142. The molecule has 1 N–H and O–H groups in total. The number of hydrogen-bond donors (Lipinski definition) is 1. The lowest BCUT2D eigenvalue weighted by Crippen LogP contribution is -2.49. The van der Waals surface area contributed by atoms with Gasteiger partial charge in [-0.3, -0.25) is 9.59 Å². The van der Waals surface area contributed by atoms with Crippen molar-refractivity contribution in [2.75, 3.05) is 13.2 Å². The third-order valence-electron chi connectivity index (χ3n) is 4.37. The highest BCUT2D eigenvalue weighted by atomic mass is 79.9. The maximum Gasteiger partial charge on any atom is 0.261 e. The van der Waals surface area contributed by atoms with Gasteiger partial charge in [-0.1, -0.05) is 59.6 Å². The van der Waals surface area contributed by atoms with Crippen molar-refractivity contribution in [2.24, 2.45) is 0 Å². The number of halogens is 1. The van der Waals surface area contributed by atoms with Crippen molar-refractivity contribution in [1.29, 1.82) is 0 Å². The van der Waals surface area contributed by atoms with E-state index in [1.807, 2.05) is 42.5 Å². The highest BCUT2D eigenvalue weighted by Crippen LogP contribution is 2.17. The molecule has 0 saturated heterocycles. The number of carbonyl (C=O) groups is 2. The Bertz CT molecular complexity index is 750. The molecule has 1 atom stereocenters. The Balaban J connectivity index is 2.06. The van der Waals surface area contributed by atoms with Crippen LogP contribution in [0, 0.1) is 0 Å². The largest absolute Gasteiger partial charge is 0.484 e. The van der Waals surface area contributed by atoms with Crippen molar-refractivity contribution in [1.82, 2.24) is 10.2 Å². The van der Waals surface area contributed by atoms with E-state index in [1.165, 1.54) is 0 Å². The Labute approximate surface area is 175 Å². The molecule has 2 rings (SSSR count). The molecule has 2 amide bonds. The van der Waals surface area contributed by atoms with Crippen LogP contribution in [0.25, 0.3) is 0 Å². The monoisotopic (exact) mass is 446 g/mol. The summed E-state index contributed by atoms with van der Waals surface area (Å²) >= 11 is 3.37. The minimum Gasteiger partial charge on any atom is -0.484 e. The molecule has 6 heteroatoms. The molecule has 0 bridgehead atoms. The number of carbonyl (C=O) groups excluding carboxylic acids is 2. The van der Waals surface area contributed by atoms with Crippen LogP contribution in [0.4, 0.5) is 0 Å². The van der Waals surface area contributed by atoms with E-state index in [1.54, 1.807) is 24.0 Å². The van der Waals surface area contributed by atoms with Crippen LogP contribution in [-0.4, -0.2) is 35.9 Å². The summed E-state index contributed by atoms with van der Waals surface area (Å²) in [6.45, 7) is 4.66. The minimum absolute atomic E-state index is 0.124. The molecule has 0 spiro atoms. The van der Waals surface area contributed by atoms with Crippen molar-refractivity contribution < 1.29 is 14.3 Å². The molecule has 150 valence electrons. The highest BCUT2D eigenvalue weighted by molar-refractivity contribution is 9.10. The van der Waals surface area contributed by atoms with Crippen molar-refractivity contribution in [3.05, 3.63) is 64.6 Å². The summed E-state index contributed by atoms with van der Waals surface area (Å²) in [5.41, 5.74) is 0.965. The molecule has 0 radical (unpaired) electrons. The number of amides is 2. The van der Waals surface area contributed by atoms with E-state index in [0.717, 1.165) is 22.9 Å². The first kappa shape index (κ1) is 22.0. The number of hydrogen-bond acceptors (Lipinski definition) is 3. The third-order valence-corrected chi connectivity index (χ3v) is 4.90. The van der Waals surface area contributed by atoms with Crippen molar-refractivity contribution in [2.45, 2.75) is 39.3 Å². The third kappa shape index (κ3) is 7.00. The molecule has 0 aromatic heterocycles. The van der Waals surface area contributed by atoms with Gasteiger partial charge >= 0.3 is 0 Å². The summed E-state index contributed by atoms with van der Waals surface area (Å²) in [6, 6.07) is 16.3. The standard InChI is InChI=1S/C22H27BrN2O3/c1-3-4-14-24-22(27)17(2)25(15-18-8-6-5-7-9-18)21(26)16-28-20-12-10-19(23)11-13-20/h5-13,17H,3-4,14-16H2,1-2H3,(H,24,27)/t17-/m0/s1. The molecule has 0 aliphatic carbocycles. The van der Waals surface area contributed by atoms with E-state index in [9.17, 15) is 9.59 Å². The predicted molar refractivity (Wildman–Crippen MR) is 114 cm³/mol. The maximum absolute atomic E-state index is 12.9. The number of nitrogens with one attached hydrogen (secondary N) is 1. The summed E-state index contributed by atoms with van der Waals surface area (Å²) in [4.78, 5) is 27.0. The van der Waals surface area contributed by atoms with Crippen LogP contribution in [0.1, 0.15) is 32.3 Å². The topological polar surface area (TPSA) is 58.6 Å². The molecule has 0 unspecified atom stereocenters. The van der Waals surface area contributed by atoms with Crippen LogP contribution in [0.2, 0.25) is 0 Å². The molecule has 0 heterocycles.